The van der Waals surface area contributed by atoms with Crippen molar-refractivity contribution in [3.05, 3.63) is 69.4 Å². The Bertz CT molecular complexity index is 563. The van der Waals surface area contributed by atoms with Crippen molar-refractivity contribution in [2.45, 2.75) is 26.3 Å². The van der Waals surface area contributed by atoms with E-state index in [-0.39, 0.29) is 11.9 Å². The predicted octanol–water partition coefficient (Wildman–Crippen LogP) is 4.99. The van der Waals surface area contributed by atoms with Crippen LogP contribution in [-0.2, 0) is 0 Å². The Morgan fingerprint density at radius 1 is 1.15 bits per heavy atom. The van der Waals surface area contributed by atoms with Gasteiger partial charge >= 0.3 is 0 Å². The summed E-state index contributed by atoms with van der Waals surface area (Å²) in [7, 11) is 0. The Kier molecular flexibility index (Phi) is 5.32. The van der Waals surface area contributed by atoms with Crippen LogP contribution >= 0.6 is 15.9 Å². The normalized spacial score (nSPS) is 12.4. The molecule has 0 radical (unpaired) electrons. The lowest BCUT2D eigenvalue weighted by molar-refractivity contribution is 0.585. The molecule has 1 nitrogen and oxygen atoms in total. The summed E-state index contributed by atoms with van der Waals surface area (Å²) in [6.45, 7) is 5.09. The third kappa shape index (κ3) is 3.90. The fourth-order valence-electron chi connectivity index (χ4n) is 2.33. The van der Waals surface area contributed by atoms with Crippen LogP contribution < -0.4 is 5.32 Å². The molecule has 0 aromatic heterocycles. The van der Waals surface area contributed by atoms with Gasteiger partial charge in [0.05, 0.1) is 6.04 Å². The number of benzene rings is 2. The highest BCUT2D eigenvalue weighted by atomic mass is 79.9. The second kappa shape index (κ2) is 7.00. The molecule has 0 heterocycles. The van der Waals surface area contributed by atoms with Crippen LogP contribution in [0.15, 0.2) is 46.9 Å². The molecule has 2 aromatic carbocycles. The number of hydrogen-bond acceptors (Lipinski definition) is 1. The largest absolute Gasteiger partial charge is 0.306 e. The van der Waals surface area contributed by atoms with Crippen LogP contribution in [0.5, 0.6) is 0 Å². The van der Waals surface area contributed by atoms with E-state index in [1.165, 1.54) is 11.6 Å². The Morgan fingerprint density at radius 2 is 1.95 bits per heavy atom. The quantitative estimate of drug-likeness (QED) is 0.811. The molecule has 0 bridgehead atoms. The van der Waals surface area contributed by atoms with Gasteiger partial charge in [-0.3, -0.25) is 0 Å². The summed E-state index contributed by atoms with van der Waals surface area (Å²) in [6.07, 6.45) is 1.04. The first kappa shape index (κ1) is 15.2. The van der Waals surface area contributed by atoms with Crippen LogP contribution in [0.2, 0.25) is 0 Å². The van der Waals surface area contributed by atoms with Gasteiger partial charge in [0.1, 0.15) is 5.82 Å². The molecule has 106 valence electrons. The van der Waals surface area contributed by atoms with Crippen LogP contribution in [-0.4, -0.2) is 6.54 Å². The molecule has 0 aliphatic heterocycles. The molecular weight excluding hydrogens is 317 g/mol. The minimum absolute atomic E-state index is 0.0156. The molecule has 2 rings (SSSR count). The summed E-state index contributed by atoms with van der Waals surface area (Å²) in [4.78, 5) is 0. The van der Waals surface area contributed by atoms with E-state index < -0.39 is 0 Å². The molecule has 3 heteroatoms. The van der Waals surface area contributed by atoms with Crippen molar-refractivity contribution in [3.8, 4) is 0 Å². The summed E-state index contributed by atoms with van der Waals surface area (Å²) in [5.74, 6) is -0.197. The van der Waals surface area contributed by atoms with Gasteiger partial charge in [0.15, 0.2) is 0 Å². The second-order valence-electron chi connectivity index (χ2n) is 5.00. The van der Waals surface area contributed by atoms with Gasteiger partial charge in [0, 0.05) is 4.47 Å². The lowest BCUT2D eigenvalue weighted by Gasteiger charge is -2.20. The topological polar surface area (TPSA) is 12.0 Å². The van der Waals surface area contributed by atoms with Gasteiger partial charge < -0.3 is 5.32 Å². The number of hydrogen-bond donors (Lipinski definition) is 1. The van der Waals surface area contributed by atoms with E-state index in [1.54, 1.807) is 12.1 Å². The van der Waals surface area contributed by atoms with Gasteiger partial charge in [0.2, 0.25) is 0 Å². The SMILES string of the molecule is CCCNC(c1cccc(F)c1)c1cc(C)cc(Br)c1. The maximum atomic E-state index is 13.5. The second-order valence-corrected chi connectivity index (χ2v) is 5.92. The van der Waals surface area contributed by atoms with Crippen LogP contribution in [0, 0.1) is 12.7 Å². The molecule has 0 saturated heterocycles. The maximum absolute atomic E-state index is 13.5. The lowest BCUT2D eigenvalue weighted by atomic mass is 9.97. The fraction of sp³-hybridized carbons (Fsp3) is 0.294. The molecule has 0 spiro atoms. The van der Waals surface area contributed by atoms with Crippen molar-refractivity contribution in [1.82, 2.24) is 5.32 Å². The first-order valence-electron chi connectivity index (χ1n) is 6.86. The van der Waals surface area contributed by atoms with Crippen molar-refractivity contribution in [3.63, 3.8) is 0 Å². The zero-order valence-corrected chi connectivity index (χ0v) is 13.4. The monoisotopic (exact) mass is 335 g/mol. The molecular formula is C17H19BrFN. The summed E-state index contributed by atoms with van der Waals surface area (Å²) in [5, 5.41) is 3.50. The summed E-state index contributed by atoms with van der Waals surface area (Å²) in [6, 6.07) is 13.1. The first-order valence-corrected chi connectivity index (χ1v) is 7.65. The summed E-state index contributed by atoms with van der Waals surface area (Å²) >= 11 is 3.53. The highest BCUT2D eigenvalue weighted by Crippen LogP contribution is 2.26. The van der Waals surface area contributed by atoms with E-state index in [4.69, 9.17) is 0 Å². The maximum Gasteiger partial charge on any atom is 0.123 e. The van der Waals surface area contributed by atoms with E-state index in [9.17, 15) is 4.39 Å². The predicted molar refractivity (Wildman–Crippen MR) is 85.4 cm³/mol. The fourth-order valence-corrected chi connectivity index (χ4v) is 2.96. The molecule has 1 unspecified atom stereocenters. The zero-order valence-electron chi connectivity index (χ0n) is 11.8. The third-order valence-corrected chi connectivity index (χ3v) is 3.64. The molecule has 1 N–H and O–H groups in total. The lowest BCUT2D eigenvalue weighted by Crippen LogP contribution is -2.23. The number of aryl methyl sites for hydroxylation is 1. The van der Waals surface area contributed by atoms with Gasteiger partial charge in [-0.05, 0) is 60.8 Å². The summed E-state index contributed by atoms with van der Waals surface area (Å²) < 4.78 is 14.5. The van der Waals surface area contributed by atoms with Gasteiger partial charge in [0.25, 0.3) is 0 Å². The molecule has 20 heavy (non-hydrogen) atoms. The standard InChI is InChI=1S/C17H19BrFN/c1-3-7-20-17(13-5-4-6-16(19)11-13)14-8-12(2)9-15(18)10-14/h4-6,8-11,17,20H,3,7H2,1-2H3. The van der Waals surface area contributed by atoms with Crippen LogP contribution in [0.1, 0.15) is 36.1 Å². The first-order chi connectivity index (χ1) is 9.60. The molecule has 0 amide bonds. The summed E-state index contributed by atoms with van der Waals surface area (Å²) in [5.41, 5.74) is 3.29. The average molecular weight is 336 g/mol. The van der Waals surface area contributed by atoms with Crippen LogP contribution in [0.4, 0.5) is 4.39 Å². The highest BCUT2D eigenvalue weighted by molar-refractivity contribution is 9.10. The van der Waals surface area contributed by atoms with Crippen LogP contribution in [0.25, 0.3) is 0 Å². The Morgan fingerprint density at radius 3 is 2.60 bits per heavy atom. The van der Waals surface area contributed by atoms with E-state index in [2.05, 4.69) is 53.3 Å². The Labute approximate surface area is 128 Å². The molecule has 2 aromatic rings. The van der Waals surface area contributed by atoms with Crippen LogP contribution in [0.3, 0.4) is 0 Å². The molecule has 0 aliphatic carbocycles. The Balaban J connectivity index is 2.41. The Hall–Kier alpha value is -1.19. The van der Waals surface area contributed by atoms with Crippen molar-refractivity contribution < 1.29 is 4.39 Å². The molecule has 0 aliphatic rings. The number of nitrogens with one attached hydrogen (secondary N) is 1. The van der Waals surface area contributed by atoms with Crippen molar-refractivity contribution >= 4 is 15.9 Å². The van der Waals surface area contributed by atoms with E-state index in [1.807, 2.05) is 6.07 Å². The smallest absolute Gasteiger partial charge is 0.123 e. The molecule has 1 atom stereocenters. The molecule has 0 fully saturated rings. The number of rotatable bonds is 5. The third-order valence-electron chi connectivity index (χ3n) is 3.18. The van der Waals surface area contributed by atoms with Crippen molar-refractivity contribution in [1.29, 1.82) is 0 Å². The van der Waals surface area contributed by atoms with Gasteiger partial charge in [-0.25, -0.2) is 4.39 Å². The minimum Gasteiger partial charge on any atom is -0.306 e. The number of halogens is 2. The van der Waals surface area contributed by atoms with E-state index >= 15 is 0 Å². The van der Waals surface area contributed by atoms with Crippen molar-refractivity contribution in [2.24, 2.45) is 0 Å². The average Bonchev–Trinajstić information content (AvgIpc) is 2.38. The van der Waals surface area contributed by atoms with Gasteiger partial charge in [-0.1, -0.05) is 41.1 Å². The van der Waals surface area contributed by atoms with Gasteiger partial charge in [-0.2, -0.15) is 0 Å². The zero-order chi connectivity index (χ0) is 14.5. The molecule has 0 saturated carbocycles. The van der Waals surface area contributed by atoms with Gasteiger partial charge in [-0.15, -0.1) is 0 Å². The van der Waals surface area contributed by atoms with Crippen molar-refractivity contribution in [2.75, 3.05) is 6.54 Å². The minimum atomic E-state index is -0.197. The van der Waals surface area contributed by atoms with E-state index in [0.29, 0.717) is 0 Å². The highest BCUT2D eigenvalue weighted by Gasteiger charge is 2.14. The van der Waals surface area contributed by atoms with E-state index in [0.717, 1.165) is 28.6 Å².